The number of aliphatic hydroxyl groups excluding tert-OH is 1. The molecule has 1 atom stereocenters. The second kappa shape index (κ2) is 12.4. The zero-order valence-corrected chi connectivity index (χ0v) is 22.6. The highest BCUT2D eigenvalue weighted by molar-refractivity contribution is 6.46. The molecule has 2 heterocycles. The molecule has 0 saturated carbocycles. The molecule has 0 bridgehead atoms. The molecule has 0 unspecified atom stereocenters. The van der Waals surface area contributed by atoms with Crippen molar-refractivity contribution in [2.75, 3.05) is 46.0 Å². The number of rotatable bonds is 10. The minimum atomic E-state index is -0.953. The van der Waals surface area contributed by atoms with E-state index in [4.69, 9.17) is 9.47 Å². The summed E-state index contributed by atoms with van der Waals surface area (Å²) >= 11 is 0. The Kier molecular flexibility index (Phi) is 8.98. The van der Waals surface area contributed by atoms with E-state index in [9.17, 15) is 24.8 Å². The van der Waals surface area contributed by atoms with Crippen LogP contribution >= 0.6 is 0 Å². The first-order chi connectivity index (χ1) is 18.7. The molecule has 4 rings (SSSR count). The molecule has 2 aliphatic heterocycles. The van der Waals surface area contributed by atoms with Crippen LogP contribution in [0.3, 0.4) is 0 Å². The van der Waals surface area contributed by atoms with Crippen LogP contribution in [0.4, 0.5) is 5.69 Å². The van der Waals surface area contributed by atoms with E-state index in [0.29, 0.717) is 61.1 Å². The lowest BCUT2D eigenvalue weighted by molar-refractivity contribution is -0.384. The number of carbonyl (C=O) groups is 2. The predicted octanol–water partition coefficient (Wildman–Crippen LogP) is 4.08. The number of nitrogens with zero attached hydrogens (tertiary/aromatic N) is 3. The van der Waals surface area contributed by atoms with Gasteiger partial charge in [-0.2, -0.15) is 0 Å². The van der Waals surface area contributed by atoms with E-state index in [1.54, 1.807) is 31.2 Å². The fourth-order valence-electron chi connectivity index (χ4n) is 4.95. The van der Waals surface area contributed by atoms with E-state index in [1.165, 1.54) is 23.1 Å². The largest absolute Gasteiger partial charge is 0.507 e. The number of aryl methyl sites for hydroxylation is 1. The molecule has 2 aliphatic rings. The van der Waals surface area contributed by atoms with E-state index in [0.717, 1.165) is 13.1 Å². The third-order valence-electron chi connectivity index (χ3n) is 6.95. The summed E-state index contributed by atoms with van der Waals surface area (Å²) in [4.78, 5) is 41.3. The van der Waals surface area contributed by atoms with Gasteiger partial charge in [0.15, 0.2) is 0 Å². The zero-order valence-electron chi connectivity index (χ0n) is 22.6. The normalized spacial score (nSPS) is 19.6. The summed E-state index contributed by atoms with van der Waals surface area (Å²) in [6, 6.07) is 10.1. The number of Topliss-reactive ketones (excluding diaryl/α,β-unsaturated/α-hetero) is 1. The topological polar surface area (TPSA) is 122 Å². The van der Waals surface area contributed by atoms with Crippen molar-refractivity contribution in [3.63, 3.8) is 0 Å². The third-order valence-corrected chi connectivity index (χ3v) is 6.95. The van der Waals surface area contributed by atoms with Crippen LogP contribution in [0.1, 0.15) is 43.0 Å². The van der Waals surface area contributed by atoms with Crippen LogP contribution in [-0.4, -0.2) is 77.5 Å². The van der Waals surface area contributed by atoms with Crippen LogP contribution in [0.25, 0.3) is 5.76 Å². The Balaban J connectivity index is 1.70. The van der Waals surface area contributed by atoms with E-state index >= 15 is 0 Å². The van der Waals surface area contributed by atoms with Gasteiger partial charge in [0.05, 0.1) is 36.4 Å². The van der Waals surface area contributed by atoms with Crippen molar-refractivity contribution in [2.24, 2.45) is 5.92 Å². The number of benzene rings is 2. The van der Waals surface area contributed by atoms with Crippen LogP contribution in [0.15, 0.2) is 48.0 Å². The number of amides is 1. The highest BCUT2D eigenvalue weighted by Crippen LogP contribution is 2.41. The molecular weight excluding hydrogens is 502 g/mol. The number of carbonyl (C=O) groups excluding carboxylic acids is 2. The van der Waals surface area contributed by atoms with Crippen LogP contribution < -0.4 is 4.74 Å². The molecular formula is C29H35N3O7. The molecule has 10 heteroatoms. The Labute approximate surface area is 228 Å². The minimum Gasteiger partial charge on any atom is -0.507 e. The first-order valence-electron chi connectivity index (χ1n) is 13.2. The maximum absolute atomic E-state index is 13.4. The lowest BCUT2D eigenvalue weighted by atomic mass is 9.93. The molecule has 2 fully saturated rings. The van der Waals surface area contributed by atoms with Crippen LogP contribution in [0.5, 0.6) is 5.75 Å². The summed E-state index contributed by atoms with van der Waals surface area (Å²) in [7, 11) is 0. The quantitative estimate of drug-likeness (QED) is 0.158. The molecule has 39 heavy (non-hydrogen) atoms. The van der Waals surface area contributed by atoms with Crippen molar-refractivity contribution in [3.05, 3.63) is 74.8 Å². The van der Waals surface area contributed by atoms with Gasteiger partial charge in [-0.3, -0.25) is 24.6 Å². The number of hydrogen-bond acceptors (Lipinski definition) is 8. The second-order valence-electron chi connectivity index (χ2n) is 10.3. The number of likely N-dealkylation sites (tertiary alicyclic amines) is 1. The number of non-ortho nitro benzene ring substituents is 1. The van der Waals surface area contributed by atoms with Gasteiger partial charge in [0.1, 0.15) is 11.5 Å². The Bertz CT molecular complexity index is 1270. The molecule has 1 N–H and O–H groups in total. The maximum Gasteiger partial charge on any atom is 0.295 e. The molecule has 2 aromatic carbocycles. The standard InChI is InChI=1S/C29H35N3O7/c1-19(2)18-39-23-8-9-24(20(3)16-23)27(33)25-26(21-6-4-7-22(17-21)32(36)37)31(29(35)28(25)34)11-5-10-30-12-14-38-15-13-30/h4,6-9,16-17,19,26,33H,5,10-15,18H2,1-3H3/b27-25+/t26-/m0/s1. The van der Waals surface area contributed by atoms with Crippen molar-refractivity contribution in [1.29, 1.82) is 0 Å². The summed E-state index contributed by atoms with van der Waals surface area (Å²) in [5.41, 5.74) is 1.23. The van der Waals surface area contributed by atoms with Crippen molar-refractivity contribution in [1.82, 2.24) is 9.80 Å². The lowest BCUT2D eigenvalue weighted by Gasteiger charge is -2.29. The van der Waals surface area contributed by atoms with Crippen molar-refractivity contribution < 1.29 is 29.1 Å². The van der Waals surface area contributed by atoms with Crippen LogP contribution in [0.2, 0.25) is 0 Å². The van der Waals surface area contributed by atoms with E-state index in [1.807, 2.05) is 13.8 Å². The summed E-state index contributed by atoms with van der Waals surface area (Å²) in [6.07, 6.45) is 0.597. The Morgan fingerprint density at radius 3 is 2.56 bits per heavy atom. The van der Waals surface area contributed by atoms with Gasteiger partial charge in [0.25, 0.3) is 17.4 Å². The monoisotopic (exact) mass is 537 g/mol. The highest BCUT2D eigenvalue weighted by Gasteiger charge is 2.46. The van der Waals surface area contributed by atoms with Crippen LogP contribution in [0, 0.1) is 23.0 Å². The molecule has 0 radical (unpaired) electrons. The molecule has 1 amide bonds. The molecule has 208 valence electrons. The van der Waals surface area contributed by atoms with Gasteiger partial charge in [-0.25, -0.2) is 0 Å². The second-order valence-corrected chi connectivity index (χ2v) is 10.3. The predicted molar refractivity (Wildman–Crippen MR) is 145 cm³/mol. The van der Waals surface area contributed by atoms with Gasteiger partial charge in [-0.1, -0.05) is 26.0 Å². The number of nitro groups is 1. The summed E-state index contributed by atoms with van der Waals surface area (Å²) in [5.74, 6) is -0.878. The number of hydrogen-bond donors (Lipinski definition) is 1. The summed E-state index contributed by atoms with van der Waals surface area (Å²) < 4.78 is 11.2. The highest BCUT2D eigenvalue weighted by atomic mass is 16.6. The maximum atomic E-state index is 13.4. The van der Waals surface area contributed by atoms with Gasteiger partial charge in [-0.15, -0.1) is 0 Å². The van der Waals surface area contributed by atoms with Crippen molar-refractivity contribution >= 4 is 23.1 Å². The fourth-order valence-corrected chi connectivity index (χ4v) is 4.95. The van der Waals surface area contributed by atoms with Crippen molar-refractivity contribution in [2.45, 2.75) is 33.2 Å². The fraction of sp³-hybridized carbons (Fsp3) is 0.448. The molecule has 0 spiro atoms. The molecule has 10 nitrogen and oxygen atoms in total. The molecule has 2 aromatic rings. The number of aliphatic hydroxyl groups is 1. The zero-order chi connectivity index (χ0) is 28.1. The number of nitro benzene ring substituents is 1. The van der Waals surface area contributed by atoms with E-state index < -0.39 is 22.7 Å². The first-order valence-corrected chi connectivity index (χ1v) is 13.2. The van der Waals surface area contributed by atoms with Gasteiger partial charge in [0, 0.05) is 43.9 Å². The Morgan fingerprint density at radius 2 is 1.90 bits per heavy atom. The van der Waals surface area contributed by atoms with E-state index in [-0.39, 0.29) is 23.6 Å². The Hall–Kier alpha value is -3.76. The number of ether oxygens (including phenoxy) is 2. The van der Waals surface area contributed by atoms with Gasteiger partial charge in [-0.05, 0) is 48.6 Å². The summed E-state index contributed by atoms with van der Waals surface area (Å²) in [5, 5.41) is 22.9. The van der Waals surface area contributed by atoms with Gasteiger partial charge < -0.3 is 19.5 Å². The minimum absolute atomic E-state index is 0.0779. The number of morpholine rings is 1. The third kappa shape index (κ3) is 6.46. The SMILES string of the molecule is Cc1cc(OCC(C)C)ccc1/C(O)=C1\C(=O)C(=O)N(CCCN2CCOCC2)[C@H]1c1cccc([N+](=O)[O-])c1. The molecule has 0 aliphatic carbocycles. The smallest absolute Gasteiger partial charge is 0.295 e. The Morgan fingerprint density at radius 1 is 1.15 bits per heavy atom. The lowest BCUT2D eigenvalue weighted by Crippen LogP contribution is -2.39. The average molecular weight is 538 g/mol. The van der Waals surface area contributed by atoms with E-state index in [2.05, 4.69) is 4.90 Å². The average Bonchev–Trinajstić information content (AvgIpc) is 3.17. The van der Waals surface area contributed by atoms with Crippen molar-refractivity contribution in [3.8, 4) is 5.75 Å². The van der Waals surface area contributed by atoms with Gasteiger partial charge >= 0.3 is 0 Å². The first kappa shape index (κ1) is 28.3. The van der Waals surface area contributed by atoms with Gasteiger partial charge in [0.2, 0.25) is 0 Å². The number of ketones is 1. The summed E-state index contributed by atoms with van der Waals surface area (Å²) in [6.45, 7) is 10.3. The molecule has 0 aromatic heterocycles. The molecule has 2 saturated heterocycles. The van der Waals surface area contributed by atoms with Crippen LogP contribution in [-0.2, 0) is 14.3 Å².